The lowest BCUT2D eigenvalue weighted by Gasteiger charge is -2.06. The van der Waals surface area contributed by atoms with Crippen LogP contribution in [0, 0.1) is 0 Å². The minimum absolute atomic E-state index is 0.201. The number of aliphatic carboxylic acids is 1. The average Bonchev–Trinajstić information content (AvgIpc) is 2.42. The third kappa shape index (κ3) is 5.53. The van der Waals surface area contributed by atoms with E-state index in [0.717, 1.165) is 31.5 Å². The molecule has 0 aliphatic carbocycles. The summed E-state index contributed by atoms with van der Waals surface area (Å²) in [6.07, 6.45) is 9.93. The lowest BCUT2D eigenvalue weighted by atomic mass is 10.1. The molecular formula is C12H20N2O2. The standard InChI is InChI=1S/C12H20N2O2/c13-11-8-5-4-7-10(14-11)6-2-1-3-9-12(15)16/h1-2,10H,3-9H2,(H2,13,14)(H,15,16)/b2-1+/t10-/m1/s1. The second-order valence-corrected chi connectivity index (χ2v) is 4.16. The Morgan fingerprint density at radius 3 is 3.06 bits per heavy atom. The third-order valence-corrected chi connectivity index (χ3v) is 2.67. The number of amidine groups is 1. The molecule has 1 aliphatic rings. The van der Waals surface area contributed by atoms with Gasteiger partial charge in [0.25, 0.3) is 0 Å². The molecule has 1 atom stereocenters. The molecule has 4 nitrogen and oxygen atoms in total. The van der Waals surface area contributed by atoms with Crippen molar-refractivity contribution in [3.8, 4) is 0 Å². The fourth-order valence-electron chi connectivity index (χ4n) is 1.80. The fourth-order valence-corrected chi connectivity index (χ4v) is 1.80. The molecule has 0 fully saturated rings. The van der Waals surface area contributed by atoms with Gasteiger partial charge in [-0.15, -0.1) is 0 Å². The van der Waals surface area contributed by atoms with Gasteiger partial charge in [0.15, 0.2) is 0 Å². The van der Waals surface area contributed by atoms with Gasteiger partial charge in [-0.05, 0) is 25.7 Å². The van der Waals surface area contributed by atoms with Crippen molar-refractivity contribution >= 4 is 11.8 Å². The third-order valence-electron chi connectivity index (χ3n) is 2.67. The van der Waals surface area contributed by atoms with Gasteiger partial charge in [0, 0.05) is 12.8 Å². The topological polar surface area (TPSA) is 75.7 Å². The van der Waals surface area contributed by atoms with Crippen LogP contribution in [-0.2, 0) is 4.79 Å². The molecule has 0 bridgehead atoms. The molecule has 3 N–H and O–H groups in total. The van der Waals surface area contributed by atoms with Crippen LogP contribution in [0.3, 0.4) is 0 Å². The van der Waals surface area contributed by atoms with Crippen LogP contribution in [0.15, 0.2) is 17.1 Å². The van der Waals surface area contributed by atoms with Gasteiger partial charge in [0.2, 0.25) is 0 Å². The molecule has 16 heavy (non-hydrogen) atoms. The van der Waals surface area contributed by atoms with Gasteiger partial charge in [-0.3, -0.25) is 9.79 Å². The number of nitrogens with zero attached hydrogens (tertiary/aromatic N) is 1. The number of aliphatic imine (C=N–C) groups is 1. The molecule has 0 aromatic rings. The summed E-state index contributed by atoms with van der Waals surface area (Å²) in [6.45, 7) is 0. The molecule has 0 saturated carbocycles. The highest BCUT2D eigenvalue weighted by atomic mass is 16.4. The van der Waals surface area contributed by atoms with E-state index in [2.05, 4.69) is 4.99 Å². The normalized spacial score (nSPS) is 21.8. The predicted molar refractivity (Wildman–Crippen MR) is 64.5 cm³/mol. The van der Waals surface area contributed by atoms with Crippen molar-refractivity contribution < 1.29 is 9.90 Å². The van der Waals surface area contributed by atoms with Crippen LogP contribution in [0.5, 0.6) is 0 Å². The first kappa shape index (κ1) is 12.7. The van der Waals surface area contributed by atoms with Gasteiger partial charge in [-0.2, -0.15) is 0 Å². The molecule has 1 rings (SSSR count). The maximum absolute atomic E-state index is 10.3. The molecule has 1 heterocycles. The largest absolute Gasteiger partial charge is 0.481 e. The lowest BCUT2D eigenvalue weighted by Crippen LogP contribution is -2.13. The highest BCUT2D eigenvalue weighted by molar-refractivity contribution is 5.80. The van der Waals surface area contributed by atoms with Crippen molar-refractivity contribution in [1.82, 2.24) is 0 Å². The van der Waals surface area contributed by atoms with E-state index in [1.54, 1.807) is 0 Å². The van der Waals surface area contributed by atoms with Gasteiger partial charge < -0.3 is 10.8 Å². The molecule has 0 aromatic carbocycles. The Hall–Kier alpha value is -1.32. The van der Waals surface area contributed by atoms with Crippen molar-refractivity contribution in [3.05, 3.63) is 12.2 Å². The molecule has 0 unspecified atom stereocenters. The SMILES string of the molecule is NC1=N[C@H](C/C=C/CCC(=O)O)CCCC1. The Kier molecular flexibility index (Phi) is 5.61. The molecule has 0 aromatic heterocycles. The van der Waals surface area contributed by atoms with Crippen molar-refractivity contribution in [2.24, 2.45) is 10.7 Å². The molecular weight excluding hydrogens is 204 g/mol. The molecule has 0 spiro atoms. The Morgan fingerprint density at radius 1 is 1.50 bits per heavy atom. The summed E-state index contributed by atoms with van der Waals surface area (Å²) in [4.78, 5) is 14.7. The summed E-state index contributed by atoms with van der Waals surface area (Å²) in [6, 6.07) is 0.295. The smallest absolute Gasteiger partial charge is 0.303 e. The molecule has 4 heteroatoms. The van der Waals surface area contributed by atoms with Crippen molar-refractivity contribution in [3.63, 3.8) is 0 Å². The highest BCUT2D eigenvalue weighted by Crippen LogP contribution is 2.15. The van der Waals surface area contributed by atoms with Crippen LogP contribution in [-0.4, -0.2) is 23.0 Å². The number of allylic oxidation sites excluding steroid dienone is 1. The van der Waals surface area contributed by atoms with E-state index in [1.165, 1.54) is 6.42 Å². The van der Waals surface area contributed by atoms with E-state index in [1.807, 2.05) is 12.2 Å². The monoisotopic (exact) mass is 224 g/mol. The zero-order valence-corrected chi connectivity index (χ0v) is 9.56. The Labute approximate surface area is 96.2 Å². The highest BCUT2D eigenvalue weighted by Gasteiger charge is 2.09. The first-order valence-corrected chi connectivity index (χ1v) is 5.87. The quantitative estimate of drug-likeness (QED) is 0.702. The second kappa shape index (κ2) is 7.04. The van der Waals surface area contributed by atoms with Gasteiger partial charge in [-0.25, -0.2) is 0 Å². The lowest BCUT2D eigenvalue weighted by molar-refractivity contribution is -0.136. The number of carboxylic acid groups (broad SMARTS) is 1. The molecule has 90 valence electrons. The minimum atomic E-state index is -0.749. The van der Waals surface area contributed by atoms with Crippen LogP contribution in [0.25, 0.3) is 0 Å². The van der Waals surface area contributed by atoms with Gasteiger partial charge in [0.05, 0.1) is 11.9 Å². The van der Waals surface area contributed by atoms with Crippen molar-refractivity contribution in [2.45, 2.75) is 51.0 Å². The first-order valence-electron chi connectivity index (χ1n) is 5.87. The van der Waals surface area contributed by atoms with Gasteiger partial charge in [0.1, 0.15) is 0 Å². The molecule has 0 saturated heterocycles. The van der Waals surface area contributed by atoms with Crippen LogP contribution >= 0.6 is 0 Å². The van der Waals surface area contributed by atoms with E-state index in [9.17, 15) is 4.79 Å². The van der Waals surface area contributed by atoms with E-state index in [4.69, 9.17) is 10.8 Å². The fraction of sp³-hybridized carbons (Fsp3) is 0.667. The minimum Gasteiger partial charge on any atom is -0.481 e. The van der Waals surface area contributed by atoms with Gasteiger partial charge in [-0.1, -0.05) is 18.6 Å². The Balaban J connectivity index is 2.25. The number of nitrogens with two attached hydrogens (primary N) is 1. The second-order valence-electron chi connectivity index (χ2n) is 4.16. The Bertz CT molecular complexity index is 285. The van der Waals surface area contributed by atoms with E-state index in [0.29, 0.717) is 12.5 Å². The molecule has 0 amide bonds. The summed E-state index contributed by atoms with van der Waals surface area (Å²) in [5.74, 6) is 0.0165. The Morgan fingerprint density at radius 2 is 2.31 bits per heavy atom. The van der Waals surface area contributed by atoms with Crippen molar-refractivity contribution in [1.29, 1.82) is 0 Å². The van der Waals surface area contributed by atoms with Crippen LogP contribution in [0.4, 0.5) is 0 Å². The average molecular weight is 224 g/mol. The van der Waals surface area contributed by atoms with Gasteiger partial charge >= 0.3 is 5.97 Å². The zero-order valence-electron chi connectivity index (χ0n) is 9.56. The summed E-state index contributed by atoms with van der Waals surface area (Å²) in [5.41, 5.74) is 5.74. The number of carboxylic acids is 1. The number of rotatable bonds is 5. The van der Waals surface area contributed by atoms with Crippen LogP contribution < -0.4 is 5.73 Å². The van der Waals surface area contributed by atoms with Crippen molar-refractivity contribution in [2.75, 3.05) is 0 Å². The first-order chi connectivity index (χ1) is 7.68. The predicted octanol–water partition coefficient (Wildman–Crippen LogP) is 2.10. The maximum Gasteiger partial charge on any atom is 0.303 e. The number of hydrogen-bond acceptors (Lipinski definition) is 3. The summed E-state index contributed by atoms with van der Waals surface area (Å²) < 4.78 is 0. The number of carbonyl (C=O) groups is 1. The van der Waals surface area contributed by atoms with E-state index in [-0.39, 0.29) is 6.42 Å². The van der Waals surface area contributed by atoms with Crippen LogP contribution in [0.1, 0.15) is 44.9 Å². The van der Waals surface area contributed by atoms with Crippen LogP contribution in [0.2, 0.25) is 0 Å². The molecule has 1 aliphatic heterocycles. The molecule has 0 radical (unpaired) electrons. The zero-order chi connectivity index (χ0) is 11.8. The van der Waals surface area contributed by atoms with E-state index >= 15 is 0 Å². The summed E-state index contributed by atoms with van der Waals surface area (Å²) in [7, 11) is 0. The summed E-state index contributed by atoms with van der Waals surface area (Å²) in [5, 5.41) is 8.46. The van der Waals surface area contributed by atoms with E-state index < -0.39 is 5.97 Å². The maximum atomic E-state index is 10.3. The summed E-state index contributed by atoms with van der Waals surface area (Å²) >= 11 is 0. The number of hydrogen-bond donors (Lipinski definition) is 2.